The van der Waals surface area contributed by atoms with Crippen molar-refractivity contribution in [3.8, 4) is 0 Å². The van der Waals surface area contributed by atoms with E-state index in [4.69, 9.17) is 14.8 Å². The lowest BCUT2D eigenvalue weighted by atomic mass is 9.88. The molecule has 9 heteroatoms. The summed E-state index contributed by atoms with van der Waals surface area (Å²) in [7, 11) is 0. The van der Waals surface area contributed by atoms with Crippen molar-refractivity contribution < 1.29 is 19.5 Å². The summed E-state index contributed by atoms with van der Waals surface area (Å²) in [6, 6.07) is 11.2. The first-order valence-corrected chi connectivity index (χ1v) is 19.4. The number of carbonyl (C=O) groups excluding carboxylic acids is 1. The first kappa shape index (κ1) is 38.5. The van der Waals surface area contributed by atoms with Gasteiger partial charge < -0.3 is 14.2 Å². The average molecular weight is 700 g/mol. The summed E-state index contributed by atoms with van der Waals surface area (Å²) >= 11 is 0. The van der Waals surface area contributed by atoms with Crippen LogP contribution in [0, 0.1) is 11.8 Å². The minimum Gasteiger partial charge on any atom is -0.478 e. The minimum atomic E-state index is -0.897. The zero-order chi connectivity index (χ0) is 36.9. The van der Waals surface area contributed by atoms with E-state index >= 15 is 0 Å². The number of benzene rings is 2. The number of hydroxylamine groups is 2. The van der Waals surface area contributed by atoms with Gasteiger partial charge in [0, 0.05) is 36.0 Å². The molecular weight excluding hydrogens is 638 g/mol. The molecule has 2 fully saturated rings. The van der Waals surface area contributed by atoms with Crippen molar-refractivity contribution in [2.45, 2.75) is 144 Å². The van der Waals surface area contributed by atoms with Gasteiger partial charge in [-0.2, -0.15) is 0 Å². The Hall–Kier alpha value is -3.72. The van der Waals surface area contributed by atoms with Crippen LogP contribution in [0.1, 0.15) is 152 Å². The Morgan fingerprint density at radius 2 is 1.16 bits per heavy atom. The van der Waals surface area contributed by atoms with Crippen LogP contribution in [-0.2, 0) is 28.8 Å². The number of carbonyl (C=O) groups is 2. The van der Waals surface area contributed by atoms with Gasteiger partial charge in [0.05, 0.1) is 34.2 Å². The van der Waals surface area contributed by atoms with E-state index in [9.17, 15) is 14.7 Å². The Morgan fingerprint density at radius 3 is 1.55 bits per heavy atom. The number of imidazole rings is 2. The van der Waals surface area contributed by atoms with Gasteiger partial charge in [-0.3, -0.25) is 9.63 Å². The van der Waals surface area contributed by atoms with Crippen LogP contribution < -0.4 is 0 Å². The molecule has 278 valence electrons. The quantitative estimate of drug-likeness (QED) is 0.175. The normalized spacial score (nSPS) is 16.3. The third kappa shape index (κ3) is 9.21. The summed E-state index contributed by atoms with van der Waals surface area (Å²) in [4.78, 5) is 39.2. The number of hydrogen-bond acceptors (Lipinski definition) is 5. The fraction of sp³-hybridized carbons (Fsp3) is 0.619. The molecule has 4 aromatic rings. The molecule has 2 aliphatic rings. The molecule has 0 unspecified atom stereocenters. The van der Waals surface area contributed by atoms with Gasteiger partial charge in [0.15, 0.2) is 0 Å². The molecule has 2 aromatic heterocycles. The van der Waals surface area contributed by atoms with Crippen molar-refractivity contribution in [3.05, 3.63) is 59.2 Å². The van der Waals surface area contributed by atoms with Crippen molar-refractivity contribution in [3.63, 3.8) is 0 Å². The van der Waals surface area contributed by atoms with Gasteiger partial charge in [-0.05, 0) is 87.8 Å². The molecule has 51 heavy (non-hydrogen) atoms. The highest BCUT2D eigenvalue weighted by molar-refractivity contribution is 5.97. The second-order valence-electron chi connectivity index (χ2n) is 16.7. The SMILES string of the molecule is CC(C)(C)c1nc2cc(C(=O)O)ccc2n1CC1CCCCC1.CCON(CC)C(=O)c1ccc2c(c1)nc(C(C)(C)C)n2CC1CCCCC1. The van der Waals surface area contributed by atoms with Crippen LogP contribution in [0.3, 0.4) is 0 Å². The van der Waals surface area contributed by atoms with Gasteiger partial charge >= 0.3 is 5.97 Å². The summed E-state index contributed by atoms with van der Waals surface area (Å²) in [6.07, 6.45) is 13.2. The number of carboxylic acids is 1. The van der Waals surface area contributed by atoms with Crippen LogP contribution in [-0.4, -0.2) is 54.3 Å². The molecule has 2 saturated carbocycles. The van der Waals surface area contributed by atoms with Crippen LogP contribution >= 0.6 is 0 Å². The number of nitrogens with zero attached hydrogens (tertiary/aromatic N) is 5. The smallest absolute Gasteiger partial charge is 0.335 e. The molecular formula is C42H61N5O4. The highest BCUT2D eigenvalue weighted by atomic mass is 16.7. The first-order chi connectivity index (χ1) is 24.2. The largest absolute Gasteiger partial charge is 0.478 e. The van der Waals surface area contributed by atoms with E-state index in [1.165, 1.54) is 69.3 Å². The van der Waals surface area contributed by atoms with Crippen LogP contribution in [0.4, 0.5) is 0 Å². The Kier molecular flexibility index (Phi) is 12.3. The number of aromatic nitrogens is 4. The first-order valence-electron chi connectivity index (χ1n) is 19.4. The van der Waals surface area contributed by atoms with Crippen LogP contribution in [0.25, 0.3) is 22.1 Å². The van der Waals surface area contributed by atoms with E-state index in [2.05, 4.69) is 56.7 Å². The van der Waals surface area contributed by atoms with Gasteiger partial charge in [0.2, 0.25) is 0 Å². The second kappa shape index (κ2) is 16.3. The van der Waals surface area contributed by atoms with E-state index < -0.39 is 5.97 Å². The standard InChI is InChI=1S/C23H35N3O2.C19H26N2O2/c1-6-26(28-7-2)21(27)18-13-14-20-19(15-18)24-22(23(3,4)5)25(20)16-17-11-9-8-10-12-17;1-19(2,3)18-20-15-11-14(17(22)23)9-10-16(15)21(18)12-13-7-5-4-6-8-13/h13-15,17H,6-12,16H2,1-5H3;9-11,13H,4-8,12H2,1-3H3,(H,22,23). The number of aromatic carboxylic acids is 1. The molecule has 0 bridgehead atoms. The van der Waals surface area contributed by atoms with Crippen molar-refractivity contribution in [1.82, 2.24) is 24.2 Å². The predicted octanol–water partition coefficient (Wildman–Crippen LogP) is 9.94. The molecule has 1 N–H and O–H groups in total. The molecule has 2 aliphatic carbocycles. The van der Waals surface area contributed by atoms with Crippen molar-refractivity contribution in [1.29, 1.82) is 0 Å². The van der Waals surface area contributed by atoms with Gasteiger partial charge in [-0.25, -0.2) is 19.8 Å². The zero-order valence-corrected chi connectivity index (χ0v) is 32.4. The molecule has 0 atom stereocenters. The fourth-order valence-electron chi connectivity index (χ4n) is 7.89. The number of rotatable bonds is 9. The Bertz CT molecular complexity index is 1800. The third-order valence-electron chi connectivity index (χ3n) is 10.5. The van der Waals surface area contributed by atoms with Gasteiger partial charge in [-0.1, -0.05) is 80.1 Å². The third-order valence-corrected chi connectivity index (χ3v) is 10.5. The molecule has 2 aromatic carbocycles. The van der Waals surface area contributed by atoms with Crippen LogP contribution in [0.5, 0.6) is 0 Å². The van der Waals surface area contributed by atoms with Gasteiger partial charge in [0.25, 0.3) is 5.91 Å². The van der Waals surface area contributed by atoms with Gasteiger partial charge in [0.1, 0.15) is 11.6 Å². The van der Waals surface area contributed by atoms with E-state index in [1.54, 1.807) is 12.1 Å². The lowest BCUT2D eigenvalue weighted by molar-refractivity contribution is -0.115. The maximum absolute atomic E-state index is 12.8. The lowest BCUT2D eigenvalue weighted by Gasteiger charge is -2.26. The van der Waals surface area contributed by atoms with Crippen molar-refractivity contribution >= 4 is 33.9 Å². The Morgan fingerprint density at radius 1 is 0.725 bits per heavy atom. The van der Waals surface area contributed by atoms with Crippen LogP contribution in [0.15, 0.2) is 36.4 Å². The highest BCUT2D eigenvalue weighted by Gasteiger charge is 2.27. The maximum Gasteiger partial charge on any atom is 0.335 e. The fourth-order valence-corrected chi connectivity index (χ4v) is 7.89. The second-order valence-corrected chi connectivity index (χ2v) is 16.7. The number of fused-ring (bicyclic) bond motifs is 2. The van der Waals surface area contributed by atoms with E-state index in [-0.39, 0.29) is 16.7 Å². The van der Waals surface area contributed by atoms with E-state index in [1.807, 2.05) is 32.0 Å². The van der Waals surface area contributed by atoms with Gasteiger partial charge in [-0.15, -0.1) is 0 Å². The summed E-state index contributed by atoms with van der Waals surface area (Å²) in [5.74, 6) is 2.59. The minimum absolute atomic E-state index is 0.0430. The zero-order valence-electron chi connectivity index (χ0n) is 32.4. The topological polar surface area (TPSA) is 102 Å². The van der Waals surface area contributed by atoms with E-state index in [0.29, 0.717) is 30.2 Å². The van der Waals surface area contributed by atoms with E-state index in [0.717, 1.165) is 52.7 Å². The molecule has 0 radical (unpaired) electrons. The number of amides is 1. The molecule has 9 nitrogen and oxygen atoms in total. The summed E-state index contributed by atoms with van der Waals surface area (Å²) in [5.41, 5.74) is 4.73. The maximum atomic E-state index is 12.8. The van der Waals surface area contributed by atoms with Crippen molar-refractivity contribution in [2.24, 2.45) is 11.8 Å². The Balaban J connectivity index is 0.000000201. The predicted molar refractivity (Wildman–Crippen MR) is 205 cm³/mol. The molecule has 0 aliphatic heterocycles. The molecule has 1 amide bonds. The molecule has 0 spiro atoms. The molecule has 2 heterocycles. The summed E-state index contributed by atoms with van der Waals surface area (Å²) < 4.78 is 4.73. The number of carboxylic acid groups (broad SMARTS) is 1. The van der Waals surface area contributed by atoms with Crippen molar-refractivity contribution in [2.75, 3.05) is 13.2 Å². The molecule has 6 rings (SSSR count). The van der Waals surface area contributed by atoms with Crippen LogP contribution in [0.2, 0.25) is 0 Å². The summed E-state index contributed by atoms with van der Waals surface area (Å²) in [5, 5.41) is 10.6. The number of hydrogen-bond donors (Lipinski definition) is 1. The Labute approximate surface area is 304 Å². The molecule has 0 saturated heterocycles. The highest BCUT2D eigenvalue weighted by Crippen LogP contribution is 2.33. The average Bonchev–Trinajstić information content (AvgIpc) is 3.66. The summed E-state index contributed by atoms with van der Waals surface area (Å²) in [6.45, 7) is 20.0. The lowest BCUT2D eigenvalue weighted by Crippen LogP contribution is -2.30. The monoisotopic (exact) mass is 699 g/mol.